The minimum atomic E-state index is 0.813. The predicted octanol–water partition coefficient (Wildman–Crippen LogP) is 5.11. The minimum absolute atomic E-state index is 0.813. The molecule has 0 bridgehead atoms. The standard InChI is InChI=1S/C15H21BrClN/c1-11(2)12-5-7-18(8-6-12)15-4-3-14(17)9-13(15)10-16/h3-4,9,11-12H,5-8,10H2,1-2H3. The van der Waals surface area contributed by atoms with Gasteiger partial charge in [0, 0.05) is 29.1 Å². The van der Waals surface area contributed by atoms with E-state index in [4.69, 9.17) is 11.6 Å². The van der Waals surface area contributed by atoms with Crippen molar-refractivity contribution in [3.05, 3.63) is 28.8 Å². The zero-order chi connectivity index (χ0) is 13.1. The molecule has 1 heterocycles. The fourth-order valence-corrected chi connectivity index (χ4v) is 3.42. The second-order valence-electron chi connectivity index (χ2n) is 5.48. The van der Waals surface area contributed by atoms with Crippen molar-refractivity contribution < 1.29 is 0 Å². The Balaban J connectivity index is 2.09. The van der Waals surface area contributed by atoms with Crippen LogP contribution >= 0.6 is 27.5 Å². The average molecular weight is 331 g/mol. The third-order valence-corrected chi connectivity index (χ3v) is 4.85. The highest BCUT2D eigenvalue weighted by Gasteiger charge is 2.22. The number of alkyl halides is 1. The number of anilines is 1. The lowest BCUT2D eigenvalue weighted by atomic mass is 9.86. The Kier molecular flexibility index (Phi) is 4.97. The highest BCUT2D eigenvalue weighted by atomic mass is 79.9. The van der Waals surface area contributed by atoms with Gasteiger partial charge in [-0.2, -0.15) is 0 Å². The van der Waals surface area contributed by atoms with Crippen molar-refractivity contribution in [2.75, 3.05) is 18.0 Å². The summed E-state index contributed by atoms with van der Waals surface area (Å²) in [5.74, 6) is 1.70. The summed E-state index contributed by atoms with van der Waals surface area (Å²) < 4.78 is 0. The number of nitrogens with zero attached hydrogens (tertiary/aromatic N) is 1. The van der Waals surface area contributed by atoms with Crippen molar-refractivity contribution >= 4 is 33.2 Å². The highest BCUT2D eigenvalue weighted by Crippen LogP contribution is 2.31. The van der Waals surface area contributed by atoms with Gasteiger partial charge in [0.2, 0.25) is 0 Å². The van der Waals surface area contributed by atoms with Gasteiger partial charge in [0.15, 0.2) is 0 Å². The van der Waals surface area contributed by atoms with Crippen molar-refractivity contribution in [2.24, 2.45) is 11.8 Å². The van der Waals surface area contributed by atoms with E-state index >= 15 is 0 Å². The lowest BCUT2D eigenvalue weighted by Gasteiger charge is -2.36. The monoisotopic (exact) mass is 329 g/mol. The number of rotatable bonds is 3. The Hall–Kier alpha value is -0.210. The van der Waals surface area contributed by atoms with Gasteiger partial charge in [-0.3, -0.25) is 0 Å². The molecule has 1 saturated heterocycles. The number of piperidine rings is 1. The number of hydrogen-bond donors (Lipinski definition) is 0. The SMILES string of the molecule is CC(C)C1CCN(c2ccc(Cl)cc2CBr)CC1. The molecule has 0 saturated carbocycles. The number of halogens is 2. The molecule has 0 aromatic heterocycles. The van der Waals surface area contributed by atoms with Crippen LogP contribution in [-0.2, 0) is 5.33 Å². The van der Waals surface area contributed by atoms with E-state index in [1.54, 1.807) is 0 Å². The maximum absolute atomic E-state index is 6.06. The van der Waals surface area contributed by atoms with Gasteiger partial charge < -0.3 is 4.90 Å². The van der Waals surface area contributed by atoms with Gasteiger partial charge >= 0.3 is 0 Å². The molecule has 0 N–H and O–H groups in total. The van der Waals surface area contributed by atoms with E-state index in [9.17, 15) is 0 Å². The topological polar surface area (TPSA) is 3.24 Å². The number of hydrogen-bond acceptors (Lipinski definition) is 1. The van der Waals surface area contributed by atoms with Crippen LogP contribution in [0.3, 0.4) is 0 Å². The first-order valence-corrected chi connectivity index (χ1v) is 8.21. The van der Waals surface area contributed by atoms with E-state index in [0.717, 1.165) is 22.2 Å². The van der Waals surface area contributed by atoms with Crippen molar-refractivity contribution in [2.45, 2.75) is 32.0 Å². The average Bonchev–Trinajstić information content (AvgIpc) is 2.38. The predicted molar refractivity (Wildman–Crippen MR) is 83.9 cm³/mol. The van der Waals surface area contributed by atoms with Crippen LogP contribution in [0, 0.1) is 11.8 Å². The molecular weight excluding hydrogens is 310 g/mol. The molecule has 1 aromatic carbocycles. The molecule has 0 aliphatic carbocycles. The second kappa shape index (κ2) is 6.29. The minimum Gasteiger partial charge on any atom is -0.371 e. The quantitative estimate of drug-likeness (QED) is 0.696. The summed E-state index contributed by atoms with van der Waals surface area (Å²) in [7, 11) is 0. The molecule has 0 radical (unpaired) electrons. The molecule has 1 fully saturated rings. The van der Waals surface area contributed by atoms with Gasteiger partial charge in [-0.15, -0.1) is 0 Å². The van der Waals surface area contributed by atoms with Gasteiger partial charge in [-0.1, -0.05) is 41.4 Å². The summed E-state index contributed by atoms with van der Waals surface area (Å²) >= 11 is 9.62. The Labute approximate surface area is 124 Å². The molecule has 1 aliphatic heterocycles. The summed E-state index contributed by atoms with van der Waals surface area (Å²) in [6, 6.07) is 6.23. The summed E-state index contributed by atoms with van der Waals surface area (Å²) in [5, 5.41) is 1.69. The van der Waals surface area contributed by atoms with Crippen LogP contribution in [-0.4, -0.2) is 13.1 Å². The molecule has 0 unspecified atom stereocenters. The van der Waals surface area contributed by atoms with Gasteiger partial charge in [0.25, 0.3) is 0 Å². The molecule has 0 spiro atoms. The Morgan fingerprint density at radius 1 is 1.33 bits per heavy atom. The zero-order valence-electron chi connectivity index (χ0n) is 11.1. The molecule has 1 aromatic rings. The second-order valence-corrected chi connectivity index (χ2v) is 6.47. The van der Waals surface area contributed by atoms with Crippen molar-refractivity contribution in [1.82, 2.24) is 0 Å². The molecule has 2 rings (SSSR count). The molecule has 0 amide bonds. The molecule has 3 heteroatoms. The summed E-state index contributed by atoms with van der Waals surface area (Å²) in [6.07, 6.45) is 2.62. The molecule has 100 valence electrons. The highest BCUT2D eigenvalue weighted by molar-refractivity contribution is 9.08. The van der Waals surface area contributed by atoms with Crippen LogP contribution < -0.4 is 4.90 Å². The van der Waals surface area contributed by atoms with Crippen LogP contribution in [0.4, 0.5) is 5.69 Å². The third kappa shape index (κ3) is 3.21. The van der Waals surface area contributed by atoms with E-state index in [-0.39, 0.29) is 0 Å². The van der Waals surface area contributed by atoms with Crippen LogP contribution in [0.25, 0.3) is 0 Å². The third-order valence-electron chi connectivity index (χ3n) is 4.01. The first kappa shape index (κ1) is 14.2. The fraction of sp³-hybridized carbons (Fsp3) is 0.600. The van der Waals surface area contributed by atoms with Gasteiger partial charge in [0.1, 0.15) is 0 Å². The molecule has 18 heavy (non-hydrogen) atoms. The van der Waals surface area contributed by atoms with E-state index < -0.39 is 0 Å². The Bertz CT molecular complexity index is 397. The van der Waals surface area contributed by atoms with E-state index in [2.05, 4.69) is 46.8 Å². The van der Waals surface area contributed by atoms with Crippen molar-refractivity contribution in [3.63, 3.8) is 0 Å². The largest absolute Gasteiger partial charge is 0.371 e. The molecule has 1 aliphatic rings. The smallest absolute Gasteiger partial charge is 0.0410 e. The maximum atomic E-state index is 6.06. The van der Waals surface area contributed by atoms with Crippen molar-refractivity contribution in [3.8, 4) is 0 Å². The van der Waals surface area contributed by atoms with Crippen molar-refractivity contribution in [1.29, 1.82) is 0 Å². The van der Waals surface area contributed by atoms with Gasteiger partial charge in [-0.25, -0.2) is 0 Å². The van der Waals surface area contributed by atoms with Crippen LogP contribution in [0.1, 0.15) is 32.3 Å². The molecule has 1 nitrogen and oxygen atoms in total. The summed E-state index contributed by atoms with van der Waals surface area (Å²) in [5.41, 5.74) is 2.64. The van der Waals surface area contributed by atoms with E-state index in [1.165, 1.54) is 37.2 Å². The first-order valence-electron chi connectivity index (χ1n) is 6.71. The van der Waals surface area contributed by atoms with Gasteiger partial charge in [0.05, 0.1) is 0 Å². The Morgan fingerprint density at radius 2 is 2.00 bits per heavy atom. The normalized spacial score (nSPS) is 17.5. The molecule has 0 atom stereocenters. The van der Waals surface area contributed by atoms with Crippen LogP contribution in [0.2, 0.25) is 5.02 Å². The van der Waals surface area contributed by atoms with E-state index in [0.29, 0.717) is 0 Å². The number of benzene rings is 1. The lowest BCUT2D eigenvalue weighted by Crippen LogP contribution is -2.35. The van der Waals surface area contributed by atoms with E-state index in [1.807, 2.05) is 6.07 Å². The summed E-state index contributed by atoms with van der Waals surface area (Å²) in [4.78, 5) is 2.51. The van der Waals surface area contributed by atoms with Crippen LogP contribution in [0.15, 0.2) is 18.2 Å². The lowest BCUT2D eigenvalue weighted by molar-refractivity contribution is 0.311. The van der Waals surface area contributed by atoms with Crippen LogP contribution in [0.5, 0.6) is 0 Å². The first-order chi connectivity index (χ1) is 8.61. The zero-order valence-corrected chi connectivity index (χ0v) is 13.5. The van der Waals surface area contributed by atoms with Gasteiger partial charge in [-0.05, 0) is 48.4 Å². The Morgan fingerprint density at radius 3 is 2.56 bits per heavy atom. The molecular formula is C15H21BrClN. The maximum Gasteiger partial charge on any atom is 0.0410 e. The fourth-order valence-electron chi connectivity index (χ4n) is 2.78. The summed E-state index contributed by atoms with van der Waals surface area (Å²) in [6.45, 7) is 7.02.